The minimum atomic E-state index is -0.0386. The molecular weight excluding hydrogens is 920 g/mol. The zero-order valence-electron chi connectivity index (χ0n) is 33.5. The number of hydrogen-bond donors (Lipinski definition) is 0. The van der Waals surface area contributed by atoms with Crippen molar-refractivity contribution < 1.29 is 30.2 Å². The second-order valence-corrected chi connectivity index (χ2v) is 16.2. The van der Waals surface area contributed by atoms with E-state index in [2.05, 4.69) is 187 Å². The maximum Gasteiger partial charge on any atom is 0.135 e. The average molecular weight is 959 g/mol. The van der Waals surface area contributed by atoms with Crippen LogP contribution in [-0.4, -0.2) is 9.55 Å². The number of nitrogens with zero attached hydrogens (tertiary/aromatic N) is 4. The fourth-order valence-corrected chi connectivity index (χ4v) is 8.47. The Morgan fingerprint density at radius 1 is 0.650 bits per heavy atom. The summed E-state index contributed by atoms with van der Waals surface area (Å²) in [5.41, 5.74) is 14.2. The van der Waals surface area contributed by atoms with Crippen LogP contribution in [0.3, 0.4) is 0 Å². The third-order valence-electron chi connectivity index (χ3n) is 11.4. The molecule has 0 saturated heterocycles. The van der Waals surface area contributed by atoms with Crippen LogP contribution in [0, 0.1) is 25.7 Å². The molecule has 296 valence electrons. The molecule has 0 spiro atoms. The van der Waals surface area contributed by atoms with Gasteiger partial charge in [0.15, 0.2) is 0 Å². The summed E-state index contributed by atoms with van der Waals surface area (Å²) in [5, 5.41) is 2.07. The molecule has 0 N–H and O–H groups in total. The van der Waals surface area contributed by atoms with Crippen molar-refractivity contribution in [3.05, 3.63) is 188 Å². The van der Waals surface area contributed by atoms with Gasteiger partial charge in [-0.25, -0.2) is 4.98 Å². The molecule has 7 heteroatoms. The number of pyridine rings is 1. The summed E-state index contributed by atoms with van der Waals surface area (Å²) in [6.45, 7) is 10.9. The predicted molar refractivity (Wildman–Crippen MR) is 239 cm³/mol. The topological polar surface area (TPSA) is 46.7 Å². The summed E-state index contributed by atoms with van der Waals surface area (Å²) in [4.78, 5) is 9.37. The molecular formula is C53H39N4O2Pt-3. The van der Waals surface area contributed by atoms with E-state index >= 15 is 0 Å². The van der Waals surface area contributed by atoms with Gasteiger partial charge in [0.25, 0.3) is 0 Å². The molecule has 0 unspecified atom stereocenters. The number of aryl methyl sites for hydroxylation is 1. The SMILES string of the molecule is Cc1ccc(N2[CH-]N(c3c(-c4ccccc4)cccc3-c3ccccc3)c3ccccc32)[c-]c1Oc1[c-]c2c3c(c1)oc1cccc(c13)n2-c1cc(C(C)(C)C)ccn1.[Pt]. The zero-order valence-corrected chi connectivity index (χ0v) is 35.8. The fourth-order valence-electron chi connectivity index (χ4n) is 8.47. The van der Waals surface area contributed by atoms with Gasteiger partial charge < -0.3 is 23.5 Å². The van der Waals surface area contributed by atoms with E-state index in [1.54, 1.807) is 0 Å². The summed E-state index contributed by atoms with van der Waals surface area (Å²) >= 11 is 0. The second kappa shape index (κ2) is 14.6. The van der Waals surface area contributed by atoms with Crippen LogP contribution in [0.15, 0.2) is 162 Å². The Balaban J connectivity index is 0.00000433. The molecule has 11 rings (SSSR count). The number of rotatable bonds is 7. The molecule has 7 aromatic carbocycles. The Bertz CT molecular complexity index is 3120. The van der Waals surface area contributed by atoms with Crippen molar-refractivity contribution in [3.63, 3.8) is 0 Å². The molecule has 60 heavy (non-hydrogen) atoms. The van der Waals surface area contributed by atoms with Crippen molar-refractivity contribution in [2.75, 3.05) is 9.80 Å². The molecule has 3 aromatic heterocycles. The Labute approximate surface area is 363 Å². The molecule has 0 amide bonds. The third-order valence-corrected chi connectivity index (χ3v) is 11.4. The summed E-state index contributed by atoms with van der Waals surface area (Å²) in [6.07, 6.45) is 1.89. The summed E-state index contributed by atoms with van der Waals surface area (Å²) < 4.78 is 15.4. The quantitative estimate of drug-likeness (QED) is 0.149. The van der Waals surface area contributed by atoms with E-state index in [1.807, 2.05) is 31.3 Å². The standard InChI is InChI=1S/C53H39N4O2.Pt/c1-34-25-26-38(55-33-56(43-22-12-11-21-42(43)55)52-40(35-15-7-5-8-16-35)19-13-20-41(52)36-17-9-6-10-18-36)30-47(34)58-39-31-45-51-48(32-39)59-46-24-14-23-44(50(46)51)57(45)49-29-37(27-28-54-49)53(2,3)4;/h5-29,32-33H,1-4H3;/q-3;. The minimum absolute atomic E-state index is 0. The van der Waals surface area contributed by atoms with Gasteiger partial charge in [0.2, 0.25) is 0 Å². The van der Waals surface area contributed by atoms with Crippen molar-refractivity contribution >= 4 is 55.7 Å². The van der Waals surface area contributed by atoms with Gasteiger partial charge in [-0.2, -0.15) is 6.07 Å². The first-order valence-electron chi connectivity index (χ1n) is 20.0. The maximum absolute atomic E-state index is 6.79. The van der Waals surface area contributed by atoms with Crippen LogP contribution >= 0.6 is 0 Å². The average Bonchev–Trinajstić information content (AvgIpc) is 3.95. The van der Waals surface area contributed by atoms with E-state index in [0.717, 1.165) is 89.4 Å². The second-order valence-electron chi connectivity index (χ2n) is 16.2. The van der Waals surface area contributed by atoms with Gasteiger partial charge in [-0.05, 0) is 63.9 Å². The number of para-hydroxylation sites is 3. The Morgan fingerprint density at radius 2 is 1.32 bits per heavy atom. The number of aromatic nitrogens is 2. The Morgan fingerprint density at radius 3 is 2.02 bits per heavy atom. The van der Waals surface area contributed by atoms with Crippen molar-refractivity contribution in [1.29, 1.82) is 0 Å². The van der Waals surface area contributed by atoms with E-state index in [-0.39, 0.29) is 26.5 Å². The van der Waals surface area contributed by atoms with E-state index in [1.165, 1.54) is 5.56 Å². The van der Waals surface area contributed by atoms with E-state index in [4.69, 9.17) is 14.1 Å². The van der Waals surface area contributed by atoms with Gasteiger partial charge in [0, 0.05) is 78.0 Å². The monoisotopic (exact) mass is 958 g/mol. The first kappa shape index (κ1) is 37.6. The predicted octanol–water partition coefficient (Wildman–Crippen LogP) is 14.1. The van der Waals surface area contributed by atoms with Crippen LogP contribution in [0.2, 0.25) is 0 Å². The van der Waals surface area contributed by atoms with Crippen molar-refractivity contribution in [2.24, 2.45) is 0 Å². The minimum Gasteiger partial charge on any atom is -0.509 e. The van der Waals surface area contributed by atoms with Crippen LogP contribution in [0.5, 0.6) is 11.5 Å². The van der Waals surface area contributed by atoms with Crippen LogP contribution in [0.4, 0.5) is 22.7 Å². The third kappa shape index (κ3) is 6.17. The van der Waals surface area contributed by atoms with Gasteiger partial charge in [-0.15, -0.1) is 36.1 Å². The van der Waals surface area contributed by atoms with Crippen molar-refractivity contribution in [3.8, 4) is 39.6 Å². The first-order valence-corrected chi connectivity index (χ1v) is 20.0. The van der Waals surface area contributed by atoms with Gasteiger partial charge in [-0.3, -0.25) is 0 Å². The van der Waals surface area contributed by atoms with Crippen molar-refractivity contribution in [2.45, 2.75) is 33.1 Å². The molecule has 0 saturated carbocycles. The molecule has 6 nitrogen and oxygen atoms in total. The maximum atomic E-state index is 6.79. The van der Waals surface area contributed by atoms with Gasteiger partial charge >= 0.3 is 0 Å². The van der Waals surface area contributed by atoms with Crippen LogP contribution in [0.1, 0.15) is 31.9 Å². The summed E-state index contributed by atoms with van der Waals surface area (Å²) in [5.74, 6) is 1.98. The van der Waals surface area contributed by atoms with E-state index < -0.39 is 0 Å². The molecule has 4 heterocycles. The number of benzene rings is 7. The van der Waals surface area contributed by atoms with Crippen LogP contribution < -0.4 is 14.5 Å². The molecule has 1 aliphatic rings. The fraction of sp³-hybridized carbons (Fsp3) is 0.0943. The molecule has 0 aliphatic carbocycles. The zero-order chi connectivity index (χ0) is 39.8. The molecule has 0 radical (unpaired) electrons. The molecule has 0 bridgehead atoms. The molecule has 0 atom stereocenters. The van der Waals surface area contributed by atoms with Crippen LogP contribution in [0.25, 0.3) is 61.0 Å². The van der Waals surface area contributed by atoms with E-state index in [0.29, 0.717) is 11.5 Å². The molecule has 10 aromatic rings. The van der Waals surface area contributed by atoms with Crippen LogP contribution in [-0.2, 0) is 26.5 Å². The largest absolute Gasteiger partial charge is 0.509 e. The number of anilines is 4. The van der Waals surface area contributed by atoms with Gasteiger partial charge in [-0.1, -0.05) is 142 Å². The van der Waals surface area contributed by atoms with Gasteiger partial charge in [0.05, 0.1) is 0 Å². The van der Waals surface area contributed by atoms with E-state index in [9.17, 15) is 0 Å². The number of fused-ring (bicyclic) bond motifs is 1. The Kier molecular flexibility index (Phi) is 9.15. The van der Waals surface area contributed by atoms with Crippen molar-refractivity contribution in [1.82, 2.24) is 9.55 Å². The first-order chi connectivity index (χ1) is 28.8. The Hall–Kier alpha value is -6.62. The summed E-state index contributed by atoms with van der Waals surface area (Å²) in [7, 11) is 0. The smallest absolute Gasteiger partial charge is 0.135 e. The number of furan rings is 1. The normalized spacial score (nSPS) is 12.7. The molecule has 0 fully saturated rings. The van der Waals surface area contributed by atoms with Gasteiger partial charge in [0.1, 0.15) is 11.4 Å². The number of ether oxygens (including phenoxy) is 1. The number of hydrogen-bond acceptors (Lipinski definition) is 5. The molecule has 1 aliphatic heterocycles. The summed E-state index contributed by atoms with van der Waals surface area (Å²) in [6, 6.07) is 60.1.